The van der Waals surface area contributed by atoms with Gasteiger partial charge in [0.2, 0.25) is 5.91 Å². The SMILES string of the molecule is CCOC(=O)C1=C(C)N(C)C(=O)NC1c1ccc(NC(=O)Cc2cccs2)cc1. The minimum absolute atomic E-state index is 0.101. The monoisotopic (exact) mass is 413 g/mol. The Balaban J connectivity index is 1.79. The van der Waals surface area contributed by atoms with E-state index < -0.39 is 12.0 Å². The van der Waals surface area contributed by atoms with Gasteiger partial charge < -0.3 is 20.3 Å². The number of benzene rings is 1. The van der Waals surface area contributed by atoms with Crippen LogP contribution in [0.3, 0.4) is 0 Å². The highest BCUT2D eigenvalue weighted by molar-refractivity contribution is 7.10. The molecule has 29 heavy (non-hydrogen) atoms. The third-order valence-corrected chi connectivity index (χ3v) is 5.57. The van der Waals surface area contributed by atoms with E-state index in [0.29, 0.717) is 23.4 Å². The fourth-order valence-electron chi connectivity index (χ4n) is 3.09. The smallest absolute Gasteiger partial charge is 0.338 e. The number of carbonyl (C=O) groups excluding carboxylic acids is 3. The molecule has 3 rings (SSSR count). The van der Waals surface area contributed by atoms with E-state index in [1.54, 1.807) is 45.2 Å². The van der Waals surface area contributed by atoms with E-state index >= 15 is 0 Å². The molecular formula is C21H23N3O4S. The van der Waals surface area contributed by atoms with Crippen LogP contribution in [-0.4, -0.2) is 36.5 Å². The van der Waals surface area contributed by atoms with E-state index in [1.165, 1.54) is 16.2 Å². The molecule has 0 radical (unpaired) electrons. The second-order valence-electron chi connectivity index (χ2n) is 6.59. The predicted octanol–water partition coefficient (Wildman–Crippen LogP) is 3.46. The van der Waals surface area contributed by atoms with Crippen molar-refractivity contribution < 1.29 is 19.1 Å². The van der Waals surface area contributed by atoms with Crippen LogP contribution in [0.2, 0.25) is 0 Å². The molecule has 0 saturated heterocycles. The Kier molecular flexibility index (Phi) is 6.33. The standard InChI is InChI=1S/C21H23N3O4S/c1-4-28-20(26)18-13(2)24(3)21(27)23-19(18)14-7-9-15(10-8-14)22-17(25)12-16-6-5-11-29-16/h5-11,19H,4,12H2,1-3H3,(H,22,25)(H,23,27). The number of ether oxygens (including phenoxy) is 1. The van der Waals surface area contributed by atoms with Crippen LogP contribution in [0.15, 0.2) is 53.0 Å². The number of nitrogens with zero attached hydrogens (tertiary/aromatic N) is 1. The number of anilines is 1. The second-order valence-corrected chi connectivity index (χ2v) is 7.62. The minimum Gasteiger partial charge on any atom is -0.463 e. The van der Waals surface area contributed by atoms with E-state index in [9.17, 15) is 14.4 Å². The van der Waals surface area contributed by atoms with Gasteiger partial charge in [0.1, 0.15) is 0 Å². The lowest BCUT2D eigenvalue weighted by Crippen LogP contribution is -2.46. The van der Waals surface area contributed by atoms with Crippen LogP contribution in [0.25, 0.3) is 0 Å². The molecule has 1 aromatic carbocycles. The molecule has 152 valence electrons. The first-order chi connectivity index (χ1) is 13.9. The summed E-state index contributed by atoms with van der Waals surface area (Å²) in [5.41, 5.74) is 2.31. The van der Waals surface area contributed by atoms with Crippen molar-refractivity contribution >= 4 is 34.9 Å². The molecule has 0 bridgehead atoms. The Morgan fingerprint density at radius 3 is 2.59 bits per heavy atom. The Hall–Kier alpha value is -3.13. The summed E-state index contributed by atoms with van der Waals surface area (Å²) < 4.78 is 5.18. The summed E-state index contributed by atoms with van der Waals surface area (Å²) in [6.45, 7) is 3.70. The average molecular weight is 413 g/mol. The van der Waals surface area contributed by atoms with Gasteiger partial charge in [0.25, 0.3) is 0 Å². The highest BCUT2D eigenvalue weighted by Crippen LogP contribution is 2.31. The van der Waals surface area contributed by atoms with Crippen LogP contribution >= 0.6 is 11.3 Å². The number of hydrogen-bond donors (Lipinski definition) is 2. The van der Waals surface area contributed by atoms with Crippen LogP contribution in [0.1, 0.15) is 30.3 Å². The molecule has 1 aliphatic rings. The molecule has 2 N–H and O–H groups in total. The molecule has 2 heterocycles. The third kappa shape index (κ3) is 4.65. The lowest BCUT2D eigenvalue weighted by molar-refractivity contribution is -0.139. The fourth-order valence-corrected chi connectivity index (χ4v) is 3.80. The van der Waals surface area contributed by atoms with Crippen molar-refractivity contribution in [3.8, 4) is 0 Å². The number of allylic oxidation sites excluding steroid dienone is 1. The van der Waals surface area contributed by atoms with Crippen LogP contribution in [0.4, 0.5) is 10.5 Å². The maximum absolute atomic E-state index is 12.5. The van der Waals surface area contributed by atoms with Crippen molar-refractivity contribution in [3.05, 3.63) is 63.5 Å². The normalized spacial score (nSPS) is 16.4. The fraction of sp³-hybridized carbons (Fsp3) is 0.286. The zero-order chi connectivity index (χ0) is 21.0. The Morgan fingerprint density at radius 2 is 1.97 bits per heavy atom. The van der Waals surface area contributed by atoms with Gasteiger partial charge in [-0.1, -0.05) is 18.2 Å². The molecule has 1 unspecified atom stereocenters. The van der Waals surface area contributed by atoms with Crippen molar-refractivity contribution in [2.45, 2.75) is 26.3 Å². The highest BCUT2D eigenvalue weighted by atomic mass is 32.1. The maximum atomic E-state index is 12.5. The maximum Gasteiger partial charge on any atom is 0.338 e. The predicted molar refractivity (Wildman–Crippen MR) is 111 cm³/mol. The number of carbonyl (C=O) groups is 3. The summed E-state index contributed by atoms with van der Waals surface area (Å²) in [5, 5.41) is 7.63. The average Bonchev–Trinajstić information content (AvgIpc) is 3.19. The molecular weight excluding hydrogens is 390 g/mol. The number of rotatable bonds is 6. The number of nitrogens with one attached hydrogen (secondary N) is 2. The molecule has 1 atom stereocenters. The lowest BCUT2D eigenvalue weighted by atomic mass is 9.95. The third-order valence-electron chi connectivity index (χ3n) is 4.69. The second kappa shape index (κ2) is 8.91. The van der Waals surface area contributed by atoms with E-state index in [1.807, 2.05) is 17.5 Å². The Bertz CT molecular complexity index is 935. The zero-order valence-corrected chi connectivity index (χ0v) is 17.3. The Labute approximate surface area is 173 Å². The molecule has 0 spiro atoms. The van der Waals surface area contributed by atoms with E-state index in [4.69, 9.17) is 4.74 Å². The largest absolute Gasteiger partial charge is 0.463 e. The molecule has 0 aliphatic carbocycles. The van der Waals surface area contributed by atoms with Gasteiger partial charge in [-0.15, -0.1) is 11.3 Å². The molecule has 3 amide bonds. The molecule has 1 aromatic heterocycles. The van der Waals surface area contributed by atoms with Gasteiger partial charge in [-0.05, 0) is 43.0 Å². The van der Waals surface area contributed by atoms with Gasteiger partial charge in [-0.25, -0.2) is 9.59 Å². The van der Waals surface area contributed by atoms with Crippen molar-refractivity contribution in [2.75, 3.05) is 19.0 Å². The molecule has 0 fully saturated rings. The topological polar surface area (TPSA) is 87.7 Å². The molecule has 0 saturated carbocycles. The first-order valence-electron chi connectivity index (χ1n) is 9.25. The van der Waals surface area contributed by atoms with E-state index in [2.05, 4.69) is 10.6 Å². The first-order valence-corrected chi connectivity index (χ1v) is 10.1. The zero-order valence-electron chi connectivity index (χ0n) is 16.5. The number of esters is 1. The van der Waals surface area contributed by atoms with Gasteiger partial charge in [-0.3, -0.25) is 4.79 Å². The quantitative estimate of drug-likeness (QED) is 0.710. The summed E-state index contributed by atoms with van der Waals surface area (Å²) in [6.07, 6.45) is 0.319. The van der Waals surface area contributed by atoms with Crippen LogP contribution in [-0.2, 0) is 20.7 Å². The summed E-state index contributed by atoms with van der Waals surface area (Å²) in [4.78, 5) is 39.3. The summed E-state index contributed by atoms with van der Waals surface area (Å²) >= 11 is 1.54. The number of urea groups is 1. The van der Waals surface area contributed by atoms with Crippen molar-refractivity contribution in [1.29, 1.82) is 0 Å². The van der Waals surface area contributed by atoms with Crippen molar-refractivity contribution in [1.82, 2.24) is 10.2 Å². The molecule has 2 aromatic rings. The summed E-state index contributed by atoms with van der Waals surface area (Å²) in [6, 6.07) is 9.99. The van der Waals surface area contributed by atoms with Crippen LogP contribution in [0.5, 0.6) is 0 Å². The van der Waals surface area contributed by atoms with Crippen molar-refractivity contribution in [2.24, 2.45) is 0 Å². The molecule has 7 nitrogen and oxygen atoms in total. The summed E-state index contributed by atoms with van der Waals surface area (Å²) in [5.74, 6) is -0.564. The van der Waals surface area contributed by atoms with Gasteiger partial charge >= 0.3 is 12.0 Å². The minimum atomic E-state index is -0.617. The van der Waals surface area contributed by atoms with Gasteiger partial charge in [0.05, 0.1) is 24.6 Å². The molecule has 8 heteroatoms. The van der Waals surface area contributed by atoms with Crippen LogP contribution < -0.4 is 10.6 Å². The number of thiophene rings is 1. The van der Waals surface area contributed by atoms with E-state index in [-0.39, 0.29) is 18.5 Å². The van der Waals surface area contributed by atoms with Gasteiger partial charge in [0, 0.05) is 23.3 Å². The van der Waals surface area contributed by atoms with E-state index in [0.717, 1.165) is 10.4 Å². The number of amides is 3. The van der Waals surface area contributed by atoms with Gasteiger partial charge in [0.15, 0.2) is 0 Å². The Morgan fingerprint density at radius 1 is 1.24 bits per heavy atom. The lowest BCUT2D eigenvalue weighted by Gasteiger charge is -2.33. The summed E-state index contributed by atoms with van der Waals surface area (Å²) in [7, 11) is 1.60. The first kappa shape index (κ1) is 20.6. The number of hydrogen-bond acceptors (Lipinski definition) is 5. The van der Waals surface area contributed by atoms with Crippen LogP contribution in [0, 0.1) is 0 Å². The van der Waals surface area contributed by atoms with Crippen molar-refractivity contribution in [3.63, 3.8) is 0 Å². The van der Waals surface area contributed by atoms with Gasteiger partial charge in [-0.2, -0.15) is 0 Å². The highest BCUT2D eigenvalue weighted by Gasteiger charge is 2.34. The molecule has 1 aliphatic heterocycles.